The third-order valence-electron chi connectivity index (χ3n) is 7.77. The summed E-state index contributed by atoms with van der Waals surface area (Å²) in [7, 11) is 0. The summed E-state index contributed by atoms with van der Waals surface area (Å²) < 4.78 is 11.5. The van der Waals surface area contributed by atoms with E-state index in [0.717, 1.165) is 57.1 Å². The summed E-state index contributed by atoms with van der Waals surface area (Å²) in [5, 5.41) is 5.93. The monoisotopic (exact) mass is 485 g/mol. The van der Waals surface area contributed by atoms with E-state index in [1.165, 1.54) is 34.9 Å². The third kappa shape index (κ3) is 5.14. The van der Waals surface area contributed by atoms with Crippen molar-refractivity contribution in [1.82, 2.24) is 10.2 Å². The third-order valence-corrected chi connectivity index (χ3v) is 7.77. The van der Waals surface area contributed by atoms with Gasteiger partial charge in [-0.2, -0.15) is 0 Å². The number of carbonyl (C=O) groups excluding carboxylic acids is 1. The summed E-state index contributed by atoms with van der Waals surface area (Å²) in [6.45, 7) is 5.98. The van der Waals surface area contributed by atoms with Crippen molar-refractivity contribution in [3.8, 4) is 11.5 Å². The number of fused-ring (bicyclic) bond motifs is 2. The molecule has 0 aromatic heterocycles. The molecule has 2 fully saturated rings. The molecule has 2 atom stereocenters. The number of hydrogen-bond acceptors (Lipinski definition) is 5. The van der Waals surface area contributed by atoms with Gasteiger partial charge < -0.3 is 24.6 Å². The van der Waals surface area contributed by atoms with Gasteiger partial charge >= 0.3 is 0 Å². The van der Waals surface area contributed by atoms with Gasteiger partial charge in [0.05, 0.1) is 5.92 Å². The summed E-state index contributed by atoms with van der Waals surface area (Å²) >= 11 is 0. The highest BCUT2D eigenvalue weighted by atomic mass is 16.6. The molecule has 2 saturated heterocycles. The number of likely N-dealkylation sites (tertiary alicyclic amines) is 1. The van der Waals surface area contributed by atoms with Gasteiger partial charge in [0.1, 0.15) is 13.2 Å². The first kappa shape index (κ1) is 23.2. The smallest absolute Gasteiger partial charge is 0.225 e. The highest BCUT2D eigenvalue weighted by Gasteiger charge is 2.30. The van der Waals surface area contributed by atoms with Gasteiger partial charge in [-0.3, -0.25) is 4.79 Å². The molecule has 1 N–H and O–H groups in total. The van der Waals surface area contributed by atoms with Gasteiger partial charge in [0.2, 0.25) is 5.91 Å². The Kier molecular flexibility index (Phi) is 6.69. The average Bonchev–Trinajstić information content (AvgIpc) is 3.61. The van der Waals surface area contributed by atoms with Crippen molar-refractivity contribution >= 4 is 22.4 Å². The summed E-state index contributed by atoms with van der Waals surface area (Å²) in [5.41, 5.74) is 2.38. The van der Waals surface area contributed by atoms with E-state index in [-0.39, 0.29) is 17.9 Å². The fraction of sp³-hybridized carbons (Fsp3) is 0.433. The predicted molar refractivity (Wildman–Crippen MR) is 143 cm³/mol. The first-order chi connectivity index (χ1) is 17.7. The number of benzene rings is 3. The van der Waals surface area contributed by atoms with Gasteiger partial charge in [0.25, 0.3) is 0 Å². The highest BCUT2D eigenvalue weighted by molar-refractivity contribution is 5.86. The lowest BCUT2D eigenvalue weighted by Gasteiger charge is -2.27. The molecule has 1 amide bonds. The van der Waals surface area contributed by atoms with Crippen LogP contribution in [-0.2, 0) is 11.2 Å². The Balaban J connectivity index is 1.12. The van der Waals surface area contributed by atoms with Crippen LogP contribution in [0.15, 0.2) is 60.7 Å². The van der Waals surface area contributed by atoms with Crippen LogP contribution in [0.25, 0.3) is 10.8 Å². The van der Waals surface area contributed by atoms with Crippen molar-refractivity contribution in [2.24, 2.45) is 5.92 Å². The molecule has 0 spiro atoms. The number of amides is 1. The second kappa shape index (κ2) is 10.4. The molecular weight excluding hydrogens is 450 g/mol. The summed E-state index contributed by atoms with van der Waals surface area (Å²) in [6.07, 6.45) is 4.17. The van der Waals surface area contributed by atoms with Crippen LogP contribution in [0.5, 0.6) is 11.5 Å². The van der Waals surface area contributed by atoms with Crippen molar-refractivity contribution in [2.75, 3.05) is 50.8 Å². The molecule has 3 aromatic rings. The lowest BCUT2D eigenvalue weighted by molar-refractivity contribution is -0.125. The molecule has 3 aliphatic rings. The van der Waals surface area contributed by atoms with Crippen LogP contribution in [0.1, 0.15) is 24.8 Å². The molecule has 2 unspecified atom stereocenters. The average molecular weight is 486 g/mol. The zero-order valence-corrected chi connectivity index (χ0v) is 20.8. The first-order valence-electron chi connectivity index (χ1n) is 13.4. The van der Waals surface area contributed by atoms with E-state index in [2.05, 4.69) is 69.7 Å². The Morgan fingerprint density at radius 1 is 0.917 bits per heavy atom. The van der Waals surface area contributed by atoms with Crippen molar-refractivity contribution in [1.29, 1.82) is 0 Å². The molecule has 36 heavy (non-hydrogen) atoms. The van der Waals surface area contributed by atoms with Crippen LogP contribution in [0.2, 0.25) is 0 Å². The Bertz CT molecular complexity index is 1220. The molecule has 6 heteroatoms. The van der Waals surface area contributed by atoms with Gasteiger partial charge in [-0.05, 0) is 79.4 Å². The van der Waals surface area contributed by atoms with Crippen LogP contribution in [0, 0.1) is 5.92 Å². The van der Waals surface area contributed by atoms with Crippen LogP contribution in [0.3, 0.4) is 0 Å². The zero-order valence-electron chi connectivity index (χ0n) is 20.8. The minimum absolute atomic E-state index is 0.0119. The molecule has 3 aromatic carbocycles. The molecule has 0 bridgehead atoms. The second-order valence-corrected chi connectivity index (χ2v) is 10.4. The Hall–Kier alpha value is -3.25. The fourth-order valence-electron chi connectivity index (χ4n) is 5.84. The molecular formula is C30H35N3O3. The van der Waals surface area contributed by atoms with E-state index < -0.39 is 0 Å². The van der Waals surface area contributed by atoms with Gasteiger partial charge in [-0.1, -0.05) is 36.4 Å². The van der Waals surface area contributed by atoms with Crippen molar-refractivity contribution in [3.63, 3.8) is 0 Å². The van der Waals surface area contributed by atoms with E-state index in [1.54, 1.807) is 0 Å². The number of nitrogens with one attached hydrogen (secondary N) is 1. The van der Waals surface area contributed by atoms with E-state index in [1.807, 2.05) is 6.07 Å². The number of hydrogen-bond donors (Lipinski definition) is 1. The summed E-state index contributed by atoms with van der Waals surface area (Å²) in [6, 6.07) is 21.3. The fourth-order valence-corrected chi connectivity index (χ4v) is 5.84. The minimum Gasteiger partial charge on any atom is -0.486 e. The number of rotatable bonds is 7. The largest absolute Gasteiger partial charge is 0.486 e. The van der Waals surface area contributed by atoms with Crippen LogP contribution >= 0.6 is 0 Å². The van der Waals surface area contributed by atoms with Crippen molar-refractivity contribution < 1.29 is 14.3 Å². The molecule has 188 valence electrons. The Morgan fingerprint density at radius 2 is 1.72 bits per heavy atom. The van der Waals surface area contributed by atoms with E-state index >= 15 is 0 Å². The number of nitrogens with zero attached hydrogens (tertiary/aromatic N) is 2. The highest BCUT2D eigenvalue weighted by Crippen LogP contribution is 2.31. The predicted octanol–water partition coefficient (Wildman–Crippen LogP) is 4.26. The molecule has 3 heterocycles. The topological polar surface area (TPSA) is 54.0 Å². The van der Waals surface area contributed by atoms with Crippen LogP contribution < -0.4 is 19.7 Å². The summed E-state index contributed by atoms with van der Waals surface area (Å²) in [4.78, 5) is 18.3. The van der Waals surface area contributed by atoms with E-state index in [9.17, 15) is 4.79 Å². The number of ether oxygens (including phenoxy) is 2. The molecule has 6 nitrogen and oxygen atoms in total. The SMILES string of the molecule is O=C(NC(Cc1ccc2c(c1)OCCO2)CN1CCCC1)C1CCN(c2ccc3ccccc3c2)C1. The van der Waals surface area contributed by atoms with Gasteiger partial charge in [0, 0.05) is 31.4 Å². The molecule has 0 radical (unpaired) electrons. The quantitative estimate of drug-likeness (QED) is 0.542. The van der Waals surface area contributed by atoms with Crippen LogP contribution in [-0.4, -0.2) is 62.8 Å². The number of carbonyl (C=O) groups is 1. The maximum Gasteiger partial charge on any atom is 0.225 e. The maximum absolute atomic E-state index is 13.4. The normalized spacial score (nSPS) is 20.6. The Morgan fingerprint density at radius 3 is 2.58 bits per heavy atom. The minimum atomic E-state index is 0.0119. The molecule has 0 aliphatic carbocycles. The Labute approximate surface area is 213 Å². The van der Waals surface area contributed by atoms with Gasteiger partial charge in [-0.25, -0.2) is 0 Å². The van der Waals surface area contributed by atoms with Crippen molar-refractivity contribution in [2.45, 2.75) is 31.7 Å². The van der Waals surface area contributed by atoms with Crippen molar-refractivity contribution in [3.05, 3.63) is 66.2 Å². The molecule has 0 saturated carbocycles. The maximum atomic E-state index is 13.4. The zero-order chi connectivity index (χ0) is 24.3. The summed E-state index contributed by atoms with van der Waals surface area (Å²) in [5.74, 6) is 1.81. The first-order valence-corrected chi connectivity index (χ1v) is 13.4. The van der Waals surface area contributed by atoms with E-state index in [0.29, 0.717) is 13.2 Å². The lowest BCUT2D eigenvalue weighted by atomic mass is 10.0. The standard InChI is InChI=1S/C30H35N3O3/c34-30(25-11-14-33(20-25)27-9-8-23-5-1-2-6-24(23)19-27)31-26(21-32-12-3-4-13-32)17-22-7-10-28-29(18-22)36-16-15-35-28/h1-2,5-10,18-19,25-26H,3-4,11-17,20-21H2,(H,31,34). The molecule has 3 aliphatic heterocycles. The van der Waals surface area contributed by atoms with Gasteiger partial charge in [-0.15, -0.1) is 0 Å². The lowest BCUT2D eigenvalue weighted by Crippen LogP contribution is -2.46. The number of anilines is 1. The second-order valence-electron chi connectivity index (χ2n) is 10.4. The molecule has 6 rings (SSSR count). The van der Waals surface area contributed by atoms with Crippen LogP contribution in [0.4, 0.5) is 5.69 Å². The van der Waals surface area contributed by atoms with E-state index in [4.69, 9.17) is 9.47 Å². The van der Waals surface area contributed by atoms with Gasteiger partial charge in [0.15, 0.2) is 11.5 Å².